The normalized spacial score (nSPS) is 21.4. The van der Waals surface area contributed by atoms with Crippen LogP contribution in [-0.4, -0.2) is 12.6 Å². The largest absolute Gasteiger partial charge is 0.313 e. The molecule has 1 saturated carbocycles. The molecule has 1 unspecified atom stereocenters. The van der Waals surface area contributed by atoms with Crippen LogP contribution in [-0.2, 0) is 0 Å². The second kappa shape index (κ2) is 6.44. The van der Waals surface area contributed by atoms with E-state index in [1.807, 2.05) is 0 Å². The maximum absolute atomic E-state index is 3.74. The summed E-state index contributed by atoms with van der Waals surface area (Å²) in [5.74, 6) is 1.75. The first-order valence-corrected chi connectivity index (χ1v) is 6.47. The van der Waals surface area contributed by atoms with Crippen LogP contribution in [0.1, 0.15) is 59.3 Å². The van der Waals surface area contributed by atoms with Crippen LogP contribution < -0.4 is 5.32 Å². The Kier molecular flexibility index (Phi) is 5.54. The van der Waals surface area contributed by atoms with E-state index in [9.17, 15) is 0 Å². The van der Waals surface area contributed by atoms with Gasteiger partial charge in [-0.15, -0.1) is 0 Å². The Morgan fingerprint density at radius 2 is 1.79 bits per heavy atom. The number of hydrogen-bond acceptors (Lipinski definition) is 1. The van der Waals surface area contributed by atoms with Gasteiger partial charge >= 0.3 is 0 Å². The van der Waals surface area contributed by atoms with Gasteiger partial charge in [-0.05, 0) is 37.6 Å². The Morgan fingerprint density at radius 1 is 1.14 bits per heavy atom. The second-order valence-corrected chi connectivity index (χ2v) is 5.17. The van der Waals surface area contributed by atoms with Crippen LogP contribution >= 0.6 is 0 Å². The quantitative estimate of drug-likeness (QED) is 0.710. The van der Waals surface area contributed by atoms with Crippen molar-refractivity contribution < 1.29 is 0 Å². The summed E-state index contributed by atoms with van der Waals surface area (Å²) in [6.07, 6.45) is 8.58. The molecule has 0 radical (unpaired) electrons. The average molecular weight is 197 g/mol. The van der Waals surface area contributed by atoms with Crippen LogP contribution in [0.2, 0.25) is 0 Å². The summed E-state index contributed by atoms with van der Waals surface area (Å²) in [6.45, 7) is 8.19. The zero-order valence-electron chi connectivity index (χ0n) is 10.2. The third-order valence-corrected chi connectivity index (χ3v) is 3.64. The molecular formula is C13H27N. The van der Waals surface area contributed by atoms with Crippen molar-refractivity contribution in [3.05, 3.63) is 0 Å². The molecule has 0 aromatic rings. The molecule has 0 amide bonds. The Labute approximate surface area is 89.7 Å². The van der Waals surface area contributed by atoms with Gasteiger partial charge in [0, 0.05) is 6.04 Å². The SMILES string of the molecule is CCC(NCC1CCCCC1)C(C)C. The zero-order valence-corrected chi connectivity index (χ0v) is 10.2. The van der Waals surface area contributed by atoms with Gasteiger partial charge in [0.2, 0.25) is 0 Å². The van der Waals surface area contributed by atoms with Crippen molar-refractivity contribution in [1.29, 1.82) is 0 Å². The van der Waals surface area contributed by atoms with Crippen LogP contribution in [0.15, 0.2) is 0 Å². The third kappa shape index (κ3) is 4.00. The Morgan fingerprint density at radius 3 is 2.29 bits per heavy atom. The summed E-state index contributed by atoms with van der Waals surface area (Å²) in [4.78, 5) is 0. The smallest absolute Gasteiger partial charge is 0.00875 e. The fraction of sp³-hybridized carbons (Fsp3) is 1.00. The van der Waals surface area contributed by atoms with Crippen molar-refractivity contribution >= 4 is 0 Å². The van der Waals surface area contributed by atoms with E-state index < -0.39 is 0 Å². The van der Waals surface area contributed by atoms with Gasteiger partial charge in [-0.3, -0.25) is 0 Å². The van der Waals surface area contributed by atoms with Crippen molar-refractivity contribution in [2.75, 3.05) is 6.54 Å². The van der Waals surface area contributed by atoms with Crippen molar-refractivity contribution in [3.8, 4) is 0 Å². The van der Waals surface area contributed by atoms with E-state index in [0.717, 1.165) is 17.9 Å². The van der Waals surface area contributed by atoms with Crippen LogP contribution in [0.3, 0.4) is 0 Å². The molecule has 1 heteroatoms. The highest BCUT2D eigenvalue weighted by molar-refractivity contribution is 4.73. The van der Waals surface area contributed by atoms with E-state index in [1.165, 1.54) is 45.1 Å². The van der Waals surface area contributed by atoms with Gasteiger partial charge < -0.3 is 5.32 Å². The molecule has 0 saturated heterocycles. The van der Waals surface area contributed by atoms with Gasteiger partial charge in [0.05, 0.1) is 0 Å². The monoisotopic (exact) mass is 197 g/mol. The van der Waals surface area contributed by atoms with Crippen molar-refractivity contribution in [3.63, 3.8) is 0 Å². The van der Waals surface area contributed by atoms with Gasteiger partial charge in [0.25, 0.3) is 0 Å². The molecule has 1 nitrogen and oxygen atoms in total. The first kappa shape index (κ1) is 12.0. The fourth-order valence-corrected chi connectivity index (χ4v) is 2.56. The highest BCUT2D eigenvalue weighted by Crippen LogP contribution is 2.23. The molecule has 1 rings (SSSR count). The first-order valence-electron chi connectivity index (χ1n) is 6.47. The lowest BCUT2D eigenvalue weighted by Crippen LogP contribution is -2.37. The fourth-order valence-electron chi connectivity index (χ4n) is 2.56. The molecule has 0 aromatic carbocycles. The van der Waals surface area contributed by atoms with E-state index in [1.54, 1.807) is 0 Å². The maximum atomic E-state index is 3.74. The minimum absolute atomic E-state index is 0.733. The molecule has 1 aliphatic rings. The lowest BCUT2D eigenvalue weighted by Gasteiger charge is -2.26. The summed E-state index contributed by atoms with van der Waals surface area (Å²) < 4.78 is 0. The van der Waals surface area contributed by atoms with Gasteiger partial charge in [0.15, 0.2) is 0 Å². The van der Waals surface area contributed by atoms with Crippen molar-refractivity contribution in [2.45, 2.75) is 65.3 Å². The van der Waals surface area contributed by atoms with Crippen molar-refractivity contribution in [2.24, 2.45) is 11.8 Å². The molecule has 0 heterocycles. The van der Waals surface area contributed by atoms with Gasteiger partial charge in [-0.25, -0.2) is 0 Å². The van der Waals surface area contributed by atoms with Gasteiger partial charge in [-0.1, -0.05) is 40.0 Å². The Hall–Kier alpha value is -0.0400. The van der Waals surface area contributed by atoms with E-state index >= 15 is 0 Å². The summed E-state index contributed by atoms with van der Waals surface area (Å²) in [5, 5.41) is 3.74. The van der Waals surface area contributed by atoms with Crippen molar-refractivity contribution in [1.82, 2.24) is 5.32 Å². The Bertz CT molecular complexity index is 136. The lowest BCUT2D eigenvalue weighted by molar-refractivity contribution is 0.301. The number of hydrogen-bond donors (Lipinski definition) is 1. The van der Waals surface area contributed by atoms with E-state index in [-0.39, 0.29) is 0 Å². The van der Waals surface area contributed by atoms with Crippen LogP contribution in [0, 0.1) is 11.8 Å². The third-order valence-electron chi connectivity index (χ3n) is 3.64. The molecule has 1 aliphatic carbocycles. The molecular weight excluding hydrogens is 170 g/mol. The highest BCUT2D eigenvalue weighted by Gasteiger charge is 2.16. The topological polar surface area (TPSA) is 12.0 Å². The van der Waals surface area contributed by atoms with Crippen LogP contribution in [0.4, 0.5) is 0 Å². The van der Waals surface area contributed by atoms with E-state index in [0.29, 0.717) is 0 Å². The molecule has 0 spiro atoms. The summed E-state index contributed by atoms with van der Waals surface area (Å²) >= 11 is 0. The number of rotatable bonds is 5. The highest BCUT2D eigenvalue weighted by atomic mass is 14.9. The minimum atomic E-state index is 0.733. The van der Waals surface area contributed by atoms with Gasteiger partial charge in [-0.2, -0.15) is 0 Å². The standard InChI is InChI=1S/C13H27N/c1-4-13(11(2)3)14-10-12-8-6-5-7-9-12/h11-14H,4-10H2,1-3H3. The molecule has 1 fully saturated rings. The van der Waals surface area contributed by atoms with Crippen LogP contribution in [0.5, 0.6) is 0 Å². The number of nitrogens with one attached hydrogen (secondary N) is 1. The summed E-state index contributed by atoms with van der Waals surface area (Å²) in [7, 11) is 0. The first-order chi connectivity index (χ1) is 6.74. The molecule has 0 aliphatic heterocycles. The Balaban J connectivity index is 2.16. The molecule has 1 N–H and O–H groups in total. The summed E-state index contributed by atoms with van der Waals surface area (Å²) in [6, 6.07) is 0.733. The molecule has 1 atom stereocenters. The maximum Gasteiger partial charge on any atom is 0.00875 e. The molecule has 14 heavy (non-hydrogen) atoms. The summed E-state index contributed by atoms with van der Waals surface area (Å²) in [5.41, 5.74) is 0. The van der Waals surface area contributed by atoms with Crippen LogP contribution in [0.25, 0.3) is 0 Å². The molecule has 0 aromatic heterocycles. The molecule has 84 valence electrons. The predicted octanol–water partition coefficient (Wildman–Crippen LogP) is 3.59. The zero-order chi connectivity index (χ0) is 10.4. The lowest BCUT2D eigenvalue weighted by atomic mass is 9.88. The second-order valence-electron chi connectivity index (χ2n) is 5.17. The minimum Gasteiger partial charge on any atom is -0.313 e. The predicted molar refractivity (Wildman–Crippen MR) is 63.5 cm³/mol. The molecule has 0 bridgehead atoms. The van der Waals surface area contributed by atoms with E-state index in [2.05, 4.69) is 26.1 Å². The van der Waals surface area contributed by atoms with Gasteiger partial charge in [0.1, 0.15) is 0 Å². The average Bonchev–Trinajstić information content (AvgIpc) is 2.20. The van der Waals surface area contributed by atoms with E-state index in [4.69, 9.17) is 0 Å².